The van der Waals surface area contributed by atoms with Crippen LogP contribution in [-0.2, 0) is 0 Å². The van der Waals surface area contributed by atoms with Crippen LogP contribution in [0.3, 0.4) is 0 Å². The molecule has 0 radical (unpaired) electrons. The minimum atomic E-state index is 0.443. The highest BCUT2D eigenvalue weighted by Crippen LogP contribution is 2.48. The molecule has 2 rings (SSSR count). The highest BCUT2D eigenvalue weighted by Gasteiger charge is 2.37. The second kappa shape index (κ2) is 4.56. The smallest absolute Gasteiger partial charge is 0.0391 e. The first-order valence-corrected chi connectivity index (χ1v) is 7.30. The minimum Gasteiger partial charge on any atom is -0.312 e. The number of hydrogen-bond donors (Lipinski definition) is 1. The molecule has 1 fully saturated rings. The predicted molar refractivity (Wildman–Crippen MR) is 70.4 cm³/mol. The Morgan fingerprint density at radius 1 is 1.40 bits per heavy atom. The molecule has 1 N–H and O–H groups in total. The van der Waals surface area contributed by atoms with Crippen LogP contribution in [0.1, 0.15) is 44.2 Å². The predicted octanol–water partition coefficient (Wildman–Crippen LogP) is 4.35. The summed E-state index contributed by atoms with van der Waals surface area (Å²) in [4.78, 5) is 0. The zero-order chi connectivity index (χ0) is 10.9. The molecule has 1 heterocycles. The van der Waals surface area contributed by atoms with E-state index in [0.29, 0.717) is 11.5 Å². The largest absolute Gasteiger partial charge is 0.312 e. The van der Waals surface area contributed by atoms with E-state index >= 15 is 0 Å². The summed E-state index contributed by atoms with van der Waals surface area (Å²) in [6.45, 7) is 2.42. The van der Waals surface area contributed by atoms with Gasteiger partial charge in [0.1, 0.15) is 0 Å². The van der Waals surface area contributed by atoms with E-state index in [-0.39, 0.29) is 0 Å². The molecule has 0 bridgehead atoms. The van der Waals surface area contributed by atoms with Crippen molar-refractivity contribution in [1.82, 2.24) is 5.32 Å². The minimum absolute atomic E-state index is 0.443. The highest BCUT2D eigenvalue weighted by molar-refractivity contribution is 9.10. The lowest BCUT2D eigenvalue weighted by molar-refractivity contribution is 0.233. The van der Waals surface area contributed by atoms with Gasteiger partial charge in [0, 0.05) is 15.9 Å². The van der Waals surface area contributed by atoms with Gasteiger partial charge in [0.2, 0.25) is 0 Å². The van der Waals surface area contributed by atoms with Crippen LogP contribution in [0, 0.1) is 5.41 Å². The van der Waals surface area contributed by atoms with Gasteiger partial charge in [-0.25, -0.2) is 0 Å². The van der Waals surface area contributed by atoms with Crippen molar-refractivity contribution in [2.24, 2.45) is 5.41 Å². The highest BCUT2D eigenvalue weighted by atomic mass is 79.9. The molecule has 1 aromatic heterocycles. The molecule has 1 aromatic rings. The fourth-order valence-corrected chi connectivity index (χ4v) is 4.40. The lowest BCUT2D eigenvalue weighted by Crippen LogP contribution is -2.32. The Balaban J connectivity index is 2.27. The molecule has 1 aliphatic carbocycles. The maximum Gasteiger partial charge on any atom is 0.0391 e. The summed E-state index contributed by atoms with van der Waals surface area (Å²) in [5.74, 6) is 0. The Kier molecular flexibility index (Phi) is 3.53. The normalized spacial score (nSPS) is 21.8. The molecule has 1 aliphatic rings. The van der Waals surface area contributed by atoms with E-state index in [1.54, 1.807) is 11.3 Å². The topological polar surface area (TPSA) is 12.0 Å². The third-order valence-corrected chi connectivity index (χ3v) is 5.44. The monoisotopic (exact) mass is 287 g/mol. The average Bonchev–Trinajstić information content (AvgIpc) is 2.79. The fraction of sp³-hybridized carbons (Fsp3) is 0.667. The molecule has 0 saturated heterocycles. The quantitative estimate of drug-likeness (QED) is 0.871. The summed E-state index contributed by atoms with van der Waals surface area (Å²) in [6, 6.07) is 0.501. The Hall–Kier alpha value is 0.140. The fourth-order valence-electron chi connectivity index (χ4n) is 2.85. The van der Waals surface area contributed by atoms with Gasteiger partial charge in [0.15, 0.2) is 0 Å². The van der Waals surface area contributed by atoms with Gasteiger partial charge >= 0.3 is 0 Å². The summed E-state index contributed by atoms with van der Waals surface area (Å²) in [5, 5.41) is 7.96. The molecule has 0 aromatic carbocycles. The Morgan fingerprint density at radius 3 is 2.53 bits per heavy atom. The maximum atomic E-state index is 3.65. The van der Waals surface area contributed by atoms with Gasteiger partial charge in [-0.3, -0.25) is 0 Å². The Labute approximate surface area is 104 Å². The number of nitrogens with one attached hydrogen (secondary N) is 1. The van der Waals surface area contributed by atoms with Crippen LogP contribution in [0.25, 0.3) is 0 Å². The van der Waals surface area contributed by atoms with Crippen molar-refractivity contribution in [1.29, 1.82) is 0 Å². The molecule has 84 valence electrons. The molecule has 15 heavy (non-hydrogen) atoms. The van der Waals surface area contributed by atoms with Crippen LogP contribution in [0.2, 0.25) is 0 Å². The molecule has 0 aliphatic heterocycles. The summed E-state index contributed by atoms with van der Waals surface area (Å²) >= 11 is 5.43. The zero-order valence-electron chi connectivity index (χ0n) is 9.35. The Morgan fingerprint density at radius 2 is 2.07 bits per heavy atom. The van der Waals surface area contributed by atoms with Gasteiger partial charge < -0.3 is 5.32 Å². The number of rotatable bonds is 3. The summed E-state index contributed by atoms with van der Waals surface area (Å²) in [7, 11) is 2.08. The molecule has 0 spiro atoms. The lowest BCUT2D eigenvalue weighted by atomic mass is 9.78. The summed E-state index contributed by atoms with van der Waals surface area (Å²) in [5.41, 5.74) is 1.88. The summed E-state index contributed by atoms with van der Waals surface area (Å²) < 4.78 is 1.26. The molecule has 1 atom stereocenters. The van der Waals surface area contributed by atoms with Crippen molar-refractivity contribution >= 4 is 27.3 Å². The molecule has 0 amide bonds. The van der Waals surface area contributed by atoms with Crippen molar-refractivity contribution in [2.45, 2.75) is 38.6 Å². The van der Waals surface area contributed by atoms with Crippen LogP contribution in [0.4, 0.5) is 0 Å². The second-order valence-electron chi connectivity index (χ2n) is 4.76. The molecule has 1 unspecified atom stereocenters. The van der Waals surface area contributed by atoms with E-state index in [0.717, 1.165) is 0 Å². The van der Waals surface area contributed by atoms with Gasteiger partial charge in [0.25, 0.3) is 0 Å². The van der Waals surface area contributed by atoms with E-state index in [2.05, 4.69) is 46.0 Å². The van der Waals surface area contributed by atoms with E-state index in [1.165, 1.54) is 35.7 Å². The third kappa shape index (κ3) is 2.15. The van der Waals surface area contributed by atoms with Crippen LogP contribution >= 0.6 is 27.3 Å². The van der Waals surface area contributed by atoms with E-state index < -0.39 is 0 Å². The zero-order valence-corrected chi connectivity index (χ0v) is 11.7. The standard InChI is InChI=1S/C12H18BrNS/c1-12(5-3-4-6-12)11(14-2)9-7-15-8-10(9)13/h7-8,11,14H,3-6H2,1-2H3. The van der Waals surface area contributed by atoms with E-state index in [4.69, 9.17) is 0 Å². The van der Waals surface area contributed by atoms with E-state index in [9.17, 15) is 0 Å². The SMILES string of the molecule is CNC(c1cscc1Br)C1(C)CCCC1. The first kappa shape index (κ1) is 11.6. The first-order chi connectivity index (χ1) is 7.17. The first-order valence-electron chi connectivity index (χ1n) is 5.56. The van der Waals surface area contributed by atoms with E-state index in [1.807, 2.05) is 0 Å². The van der Waals surface area contributed by atoms with Crippen molar-refractivity contribution in [3.8, 4) is 0 Å². The van der Waals surface area contributed by atoms with Crippen molar-refractivity contribution in [3.05, 3.63) is 20.8 Å². The molecular weight excluding hydrogens is 270 g/mol. The van der Waals surface area contributed by atoms with Crippen LogP contribution in [0.15, 0.2) is 15.2 Å². The van der Waals surface area contributed by atoms with Gasteiger partial charge in [-0.2, -0.15) is 11.3 Å². The van der Waals surface area contributed by atoms with Gasteiger partial charge in [-0.1, -0.05) is 19.8 Å². The van der Waals surface area contributed by atoms with Crippen LogP contribution in [-0.4, -0.2) is 7.05 Å². The summed E-state index contributed by atoms with van der Waals surface area (Å²) in [6.07, 6.45) is 5.47. The van der Waals surface area contributed by atoms with Crippen molar-refractivity contribution in [2.75, 3.05) is 7.05 Å². The molecular formula is C12H18BrNS. The van der Waals surface area contributed by atoms with Crippen LogP contribution < -0.4 is 5.32 Å². The molecule has 1 nitrogen and oxygen atoms in total. The van der Waals surface area contributed by atoms with Gasteiger partial charge in [-0.05, 0) is 52.2 Å². The number of hydrogen-bond acceptors (Lipinski definition) is 2. The molecule has 1 saturated carbocycles. The number of thiophene rings is 1. The average molecular weight is 288 g/mol. The maximum absolute atomic E-state index is 3.65. The Bertz CT molecular complexity index is 328. The van der Waals surface area contributed by atoms with Gasteiger partial charge in [0.05, 0.1) is 0 Å². The van der Waals surface area contributed by atoms with Crippen LogP contribution in [0.5, 0.6) is 0 Å². The van der Waals surface area contributed by atoms with Crippen molar-refractivity contribution < 1.29 is 0 Å². The lowest BCUT2D eigenvalue weighted by Gasteiger charge is -2.34. The molecule has 3 heteroatoms. The van der Waals surface area contributed by atoms with Crippen molar-refractivity contribution in [3.63, 3.8) is 0 Å². The number of halogens is 1. The third-order valence-electron chi connectivity index (χ3n) is 3.68. The second-order valence-corrected chi connectivity index (χ2v) is 6.36. The van der Waals surface area contributed by atoms with Gasteiger partial charge in [-0.15, -0.1) is 0 Å².